The van der Waals surface area contributed by atoms with Crippen LogP contribution >= 0.6 is 23.7 Å². The SMILES string of the molecule is Cl.Nc1ccccc1-c1cscn1.O. The summed E-state index contributed by atoms with van der Waals surface area (Å²) in [5, 5.41) is 1.99. The van der Waals surface area contributed by atoms with E-state index in [2.05, 4.69) is 4.98 Å². The van der Waals surface area contributed by atoms with Gasteiger partial charge in [0, 0.05) is 16.6 Å². The molecule has 0 aliphatic carbocycles. The number of anilines is 1. The molecule has 4 N–H and O–H groups in total. The van der Waals surface area contributed by atoms with Crippen molar-refractivity contribution in [3.05, 3.63) is 35.2 Å². The van der Waals surface area contributed by atoms with E-state index in [9.17, 15) is 0 Å². The summed E-state index contributed by atoms with van der Waals surface area (Å²) in [5.74, 6) is 0. The average Bonchev–Trinajstić information content (AvgIpc) is 2.57. The predicted molar refractivity (Wildman–Crippen MR) is 62.8 cm³/mol. The normalized spacial score (nSPS) is 8.57. The van der Waals surface area contributed by atoms with Gasteiger partial charge in [-0.2, -0.15) is 0 Å². The molecule has 14 heavy (non-hydrogen) atoms. The number of nitrogens with two attached hydrogens (primary N) is 1. The van der Waals surface area contributed by atoms with Gasteiger partial charge in [-0.3, -0.25) is 0 Å². The van der Waals surface area contributed by atoms with Crippen molar-refractivity contribution in [3.8, 4) is 11.3 Å². The monoisotopic (exact) mass is 230 g/mol. The highest BCUT2D eigenvalue weighted by atomic mass is 35.5. The number of aromatic nitrogens is 1. The third-order valence-electron chi connectivity index (χ3n) is 1.67. The quantitative estimate of drug-likeness (QED) is 0.761. The van der Waals surface area contributed by atoms with Gasteiger partial charge in [0.1, 0.15) is 0 Å². The Balaban J connectivity index is 0.000000845. The van der Waals surface area contributed by atoms with Gasteiger partial charge in [0.2, 0.25) is 0 Å². The first-order chi connectivity index (χ1) is 5.88. The summed E-state index contributed by atoms with van der Waals surface area (Å²) in [7, 11) is 0. The van der Waals surface area contributed by atoms with Gasteiger partial charge in [-0.25, -0.2) is 4.98 Å². The van der Waals surface area contributed by atoms with Crippen molar-refractivity contribution in [1.82, 2.24) is 4.98 Å². The maximum atomic E-state index is 5.78. The first-order valence-electron chi connectivity index (χ1n) is 3.61. The zero-order valence-corrected chi connectivity index (χ0v) is 8.94. The Morgan fingerprint density at radius 1 is 1.21 bits per heavy atom. The van der Waals surface area contributed by atoms with E-state index in [-0.39, 0.29) is 17.9 Å². The molecule has 2 aromatic rings. The molecule has 0 spiro atoms. The van der Waals surface area contributed by atoms with Crippen molar-refractivity contribution in [2.45, 2.75) is 0 Å². The van der Waals surface area contributed by atoms with Crippen molar-refractivity contribution in [2.24, 2.45) is 0 Å². The molecule has 0 aliphatic rings. The second-order valence-electron chi connectivity index (χ2n) is 2.46. The van der Waals surface area contributed by atoms with E-state index >= 15 is 0 Å². The molecule has 1 aromatic carbocycles. The van der Waals surface area contributed by atoms with E-state index in [1.54, 1.807) is 11.3 Å². The molecule has 0 saturated heterocycles. The van der Waals surface area contributed by atoms with Crippen molar-refractivity contribution >= 4 is 29.4 Å². The van der Waals surface area contributed by atoms with Crippen LogP contribution in [0, 0.1) is 0 Å². The summed E-state index contributed by atoms with van der Waals surface area (Å²) < 4.78 is 0. The Labute approximate surface area is 92.3 Å². The number of halogens is 1. The minimum absolute atomic E-state index is 0. The van der Waals surface area contributed by atoms with Gasteiger partial charge in [-0.05, 0) is 6.07 Å². The molecule has 0 aliphatic heterocycles. The minimum Gasteiger partial charge on any atom is -0.412 e. The number of benzene rings is 1. The fourth-order valence-corrected chi connectivity index (χ4v) is 1.63. The van der Waals surface area contributed by atoms with Crippen LogP contribution in [0.4, 0.5) is 5.69 Å². The highest BCUT2D eigenvalue weighted by Crippen LogP contribution is 2.24. The highest BCUT2D eigenvalue weighted by Gasteiger charge is 2.01. The second kappa shape index (κ2) is 5.59. The predicted octanol–water partition coefficient (Wildman–Crippen LogP) is 1.99. The molecule has 0 saturated carbocycles. The van der Waals surface area contributed by atoms with Gasteiger partial charge >= 0.3 is 0 Å². The molecule has 0 unspecified atom stereocenters. The summed E-state index contributed by atoms with van der Waals surface area (Å²) in [6.07, 6.45) is 0. The molecule has 0 amide bonds. The third kappa shape index (κ3) is 2.45. The molecular formula is C9H11ClN2OS. The molecule has 0 atom stereocenters. The maximum Gasteiger partial charge on any atom is 0.0831 e. The van der Waals surface area contributed by atoms with E-state index in [0.29, 0.717) is 0 Å². The Morgan fingerprint density at radius 3 is 2.50 bits per heavy atom. The summed E-state index contributed by atoms with van der Waals surface area (Å²) in [6.45, 7) is 0. The van der Waals surface area contributed by atoms with Crippen LogP contribution in [0.2, 0.25) is 0 Å². The maximum absolute atomic E-state index is 5.78. The number of nitrogen functional groups attached to an aromatic ring is 1. The average molecular weight is 231 g/mol. The number of nitrogens with zero attached hydrogens (tertiary/aromatic N) is 1. The molecule has 3 nitrogen and oxygen atoms in total. The molecule has 2 rings (SSSR count). The van der Waals surface area contributed by atoms with E-state index in [4.69, 9.17) is 5.73 Å². The number of para-hydroxylation sites is 1. The number of thiazole rings is 1. The van der Waals surface area contributed by atoms with E-state index in [0.717, 1.165) is 16.9 Å². The molecular weight excluding hydrogens is 220 g/mol. The molecule has 1 aromatic heterocycles. The summed E-state index contributed by atoms with van der Waals surface area (Å²) in [4.78, 5) is 4.19. The Bertz CT molecular complexity index is 378. The van der Waals surface area contributed by atoms with Crippen LogP contribution in [0.5, 0.6) is 0 Å². The smallest absolute Gasteiger partial charge is 0.0831 e. The Kier molecular flexibility index (Phi) is 5.15. The van der Waals surface area contributed by atoms with E-state index in [1.807, 2.05) is 35.2 Å². The fraction of sp³-hybridized carbons (Fsp3) is 0. The summed E-state index contributed by atoms with van der Waals surface area (Å²) >= 11 is 1.58. The zero-order valence-electron chi connectivity index (χ0n) is 7.31. The lowest BCUT2D eigenvalue weighted by Crippen LogP contribution is -1.88. The lowest BCUT2D eigenvalue weighted by atomic mass is 10.1. The fourth-order valence-electron chi connectivity index (χ4n) is 1.08. The van der Waals surface area contributed by atoms with Crippen molar-refractivity contribution in [2.75, 3.05) is 5.73 Å². The van der Waals surface area contributed by atoms with Gasteiger partial charge in [0.05, 0.1) is 11.2 Å². The van der Waals surface area contributed by atoms with Crippen LogP contribution in [0.1, 0.15) is 0 Å². The van der Waals surface area contributed by atoms with Crippen LogP contribution < -0.4 is 5.73 Å². The van der Waals surface area contributed by atoms with Crippen LogP contribution in [0.15, 0.2) is 35.2 Å². The third-order valence-corrected chi connectivity index (χ3v) is 2.26. The van der Waals surface area contributed by atoms with Crippen LogP contribution in [-0.4, -0.2) is 10.5 Å². The van der Waals surface area contributed by atoms with Crippen LogP contribution in [0.25, 0.3) is 11.3 Å². The van der Waals surface area contributed by atoms with E-state index in [1.165, 1.54) is 0 Å². The van der Waals surface area contributed by atoms with E-state index < -0.39 is 0 Å². The van der Waals surface area contributed by atoms with Crippen LogP contribution in [-0.2, 0) is 0 Å². The van der Waals surface area contributed by atoms with Crippen molar-refractivity contribution in [1.29, 1.82) is 0 Å². The molecule has 1 heterocycles. The molecule has 76 valence electrons. The summed E-state index contributed by atoms with van der Waals surface area (Å²) in [6, 6.07) is 7.75. The van der Waals surface area contributed by atoms with Gasteiger partial charge < -0.3 is 11.2 Å². The lowest BCUT2D eigenvalue weighted by Gasteiger charge is -1.99. The van der Waals surface area contributed by atoms with Gasteiger partial charge in [-0.15, -0.1) is 23.7 Å². The van der Waals surface area contributed by atoms with Gasteiger partial charge in [-0.1, -0.05) is 18.2 Å². The molecule has 0 bridgehead atoms. The topological polar surface area (TPSA) is 70.4 Å². The second-order valence-corrected chi connectivity index (χ2v) is 3.18. The van der Waals surface area contributed by atoms with Crippen LogP contribution in [0.3, 0.4) is 0 Å². The molecule has 0 fully saturated rings. The molecule has 5 heteroatoms. The lowest BCUT2D eigenvalue weighted by molar-refractivity contribution is 0.824. The zero-order chi connectivity index (χ0) is 8.39. The number of hydrogen-bond donors (Lipinski definition) is 1. The van der Waals surface area contributed by atoms with Crippen molar-refractivity contribution in [3.63, 3.8) is 0 Å². The number of hydrogen-bond acceptors (Lipinski definition) is 3. The first-order valence-corrected chi connectivity index (χ1v) is 4.55. The van der Waals surface area contributed by atoms with Crippen molar-refractivity contribution < 1.29 is 5.48 Å². The van der Waals surface area contributed by atoms with Gasteiger partial charge in [0.25, 0.3) is 0 Å². The van der Waals surface area contributed by atoms with Gasteiger partial charge in [0.15, 0.2) is 0 Å². The highest BCUT2D eigenvalue weighted by molar-refractivity contribution is 7.07. The number of rotatable bonds is 1. The first kappa shape index (κ1) is 12.9. The standard InChI is InChI=1S/C9H8N2S.ClH.H2O/c10-8-4-2-1-3-7(8)9-5-12-6-11-9;;/h1-6H,10H2;1H;1H2. The largest absolute Gasteiger partial charge is 0.412 e. The minimum atomic E-state index is 0. The Morgan fingerprint density at radius 2 is 1.93 bits per heavy atom. The Hall–Kier alpha value is -1.10. The molecule has 0 radical (unpaired) electrons. The summed E-state index contributed by atoms with van der Waals surface area (Å²) in [5.41, 5.74) is 10.3.